The van der Waals surface area contributed by atoms with E-state index in [2.05, 4.69) is 27.5 Å². The Kier molecular flexibility index (Phi) is 7.18. The van der Waals surface area contributed by atoms with Crippen LogP contribution < -0.4 is 10.6 Å². The number of fused-ring (bicyclic) bond motifs is 1. The molecular formula is C15H25N5OS. The van der Waals surface area contributed by atoms with Gasteiger partial charge in [-0.15, -0.1) is 11.3 Å². The van der Waals surface area contributed by atoms with E-state index < -0.39 is 0 Å². The van der Waals surface area contributed by atoms with Gasteiger partial charge in [-0.25, -0.2) is 4.98 Å². The van der Waals surface area contributed by atoms with E-state index >= 15 is 0 Å². The van der Waals surface area contributed by atoms with Crippen molar-refractivity contribution in [1.82, 2.24) is 20.0 Å². The molecule has 0 unspecified atom stereocenters. The smallest absolute Gasteiger partial charge is 0.193 e. The van der Waals surface area contributed by atoms with E-state index in [4.69, 9.17) is 4.74 Å². The van der Waals surface area contributed by atoms with Gasteiger partial charge in [-0.1, -0.05) is 13.3 Å². The maximum absolute atomic E-state index is 5.53. The highest BCUT2D eigenvalue weighted by molar-refractivity contribution is 7.15. The number of nitrogens with one attached hydrogen (secondary N) is 2. The lowest BCUT2D eigenvalue weighted by atomic mass is 10.4. The Balaban J connectivity index is 1.62. The summed E-state index contributed by atoms with van der Waals surface area (Å²) >= 11 is 1.64. The van der Waals surface area contributed by atoms with E-state index in [1.54, 1.807) is 18.4 Å². The number of hydrogen-bond acceptors (Lipinski definition) is 4. The highest BCUT2D eigenvalue weighted by Gasteiger charge is 2.03. The van der Waals surface area contributed by atoms with Crippen molar-refractivity contribution in [3.8, 4) is 0 Å². The van der Waals surface area contributed by atoms with Crippen LogP contribution in [0.1, 0.15) is 31.9 Å². The molecule has 0 atom stereocenters. The molecule has 0 radical (unpaired) electrons. The number of imidazole rings is 1. The average Bonchev–Trinajstić information content (AvgIpc) is 3.10. The van der Waals surface area contributed by atoms with E-state index in [1.165, 1.54) is 6.42 Å². The Morgan fingerprint density at radius 2 is 2.23 bits per heavy atom. The predicted octanol–water partition coefficient (Wildman–Crippen LogP) is 2.27. The number of ether oxygens (including phenoxy) is 1. The van der Waals surface area contributed by atoms with Crippen LogP contribution in [-0.4, -0.2) is 42.2 Å². The second-order valence-corrected chi connectivity index (χ2v) is 5.87. The van der Waals surface area contributed by atoms with Gasteiger partial charge in [-0.2, -0.15) is 0 Å². The fourth-order valence-corrected chi connectivity index (χ4v) is 2.70. The highest BCUT2D eigenvalue weighted by atomic mass is 32.1. The quantitative estimate of drug-likeness (QED) is 0.422. The highest BCUT2D eigenvalue weighted by Crippen LogP contribution is 2.10. The van der Waals surface area contributed by atoms with Crippen molar-refractivity contribution in [2.24, 2.45) is 4.99 Å². The Morgan fingerprint density at radius 1 is 1.36 bits per heavy atom. The summed E-state index contributed by atoms with van der Waals surface area (Å²) in [4.78, 5) is 9.76. The molecule has 2 heterocycles. The summed E-state index contributed by atoms with van der Waals surface area (Å²) in [5.74, 6) is 0.796. The van der Waals surface area contributed by atoms with Gasteiger partial charge in [0, 0.05) is 44.6 Å². The van der Waals surface area contributed by atoms with Crippen LogP contribution in [0.15, 0.2) is 22.8 Å². The second-order valence-electron chi connectivity index (χ2n) is 5.00. The SMILES string of the molecule is CCCCOCCCNC(=NC)NCc1cn2ccsc2n1. The summed E-state index contributed by atoms with van der Waals surface area (Å²) < 4.78 is 7.56. The molecule has 6 nitrogen and oxygen atoms in total. The number of aliphatic imine (C=N–C) groups is 1. The van der Waals surface area contributed by atoms with Crippen molar-refractivity contribution in [2.75, 3.05) is 26.8 Å². The number of hydrogen-bond donors (Lipinski definition) is 2. The fourth-order valence-electron chi connectivity index (χ4n) is 1.99. The van der Waals surface area contributed by atoms with Crippen LogP contribution in [0.5, 0.6) is 0 Å². The molecule has 2 aromatic heterocycles. The minimum atomic E-state index is 0.668. The first-order valence-corrected chi connectivity index (χ1v) is 8.64. The van der Waals surface area contributed by atoms with Crippen LogP contribution in [0.4, 0.5) is 0 Å². The zero-order valence-corrected chi connectivity index (χ0v) is 14.2. The van der Waals surface area contributed by atoms with E-state index in [1.807, 2.05) is 22.2 Å². The normalized spacial score (nSPS) is 12.0. The Bertz CT molecular complexity index is 549. The van der Waals surface area contributed by atoms with Crippen LogP contribution in [-0.2, 0) is 11.3 Å². The van der Waals surface area contributed by atoms with Gasteiger partial charge in [-0.05, 0) is 12.8 Å². The van der Waals surface area contributed by atoms with Crippen molar-refractivity contribution >= 4 is 22.3 Å². The average molecular weight is 323 g/mol. The summed E-state index contributed by atoms with van der Waals surface area (Å²) in [6.45, 7) is 5.34. The molecule has 0 saturated heterocycles. The number of nitrogens with zero attached hydrogens (tertiary/aromatic N) is 3. The molecule has 2 aromatic rings. The number of unbranched alkanes of at least 4 members (excludes halogenated alkanes) is 1. The topological polar surface area (TPSA) is 63.0 Å². The molecule has 0 aromatic carbocycles. The van der Waals surface area contributed by atoms with Crippen molar-refractivity contribution in [3.63, 3.8) is 0 Å². The standard InChI is InChI=1S/C15H25N5OS/c1-3-4-8-21-9-5-6-17-14(16-2)18-11-13-12-20-7-10-22-15(20)19-13/h7,10,12H,3-6,8-9,11H2,1-2H3,(H2,16,17,18). The van der Waals surface area contributed by atoms with Gasteiger partial charge in [0.2, 0.25) is 0 Å². The summed E-state index contributed by atoms with van der Waals surface area (Å²) in [6.07, 6.45) is 7.35. The van der Waals surface area contributed by atoms with Gasteiger partial charge < -0.3 is 15.4 Å². The molecule has 22 heavy (non-hydrogen) atoms. The van der Waals surface area contributed by atoms with Gasteiger partial charge in [0.1, 0.15) is 0 Å². The van der Waals surface area contributed by atoms with Crippen molar-refractivity contribution in [2.45, 2.75) is 32.7 Å². The molecular weight excluding hydrogens is 298 g/mol. The van der Waals surface area contributed by atoms with E-state index in [-0.39, 0.29) is 0 Å². The molecule has 2 rings (SSSR count). The first kappa shape index (κ1) is 16.8. The number of guanidine groups is 1. The Morgan fingerprint density at radius 3 is 3.00 bits per heavy atom. The zero-order chi connectivity index (χ0) is 15.6. The largest absolute Gasteiger partial charge is 0.381 e. The molecule has 0 aliphatic carbocycles. The maximum Gasteiger partial charge on any atom is 0.193 e. The molecule has 0 spiro atoms. The van der Waals surface area contributed by atoms with Crippen LogP contribution in [0.3, 0.4) is 0 Å². The van der Waals surface area contributed by atoms with Crippen molar-refractivity contribution in [1.29, 1.82) is 0 Å². The maximum atomic E-state index is 5.53. The first-order chi connectivity index (χ1) is 10.8. The Hall–Kier alpha value is -1.60. The lowest BCUT2D eigenvalue weighted by molar-refractivity contribution is 0.129. The molecule has 0 aliphatic rings. The van der Waals surface area contributed by atoms with Crippen LogP contribution in [0.2, 0.25) is 0 Å². The molecule has 0 amide bonds. The number of thiazole rings is 1. The Labute approximate surface area is 135 Å². The summed E-state index contributed by atoms with van der Waals surface area (Å²) in [7, 11) is 1.78. The van der Waals surface area contributed by atoms with E-state index in [0.717, 1.165) is 49.2 Å². The summed E-state index contributed by atoms with van der Waals surface area (Å²) in [5.41, 5.74) is 1.01. The molecule has 0 saturated carbocycles. The van der Waals surface area contributed by atoms with Crippen LogP contribution in [0, 0.1) is 0 Å². The number of rotatable bonds is 9. The third-order valence-electron chi connectivity index (χ3n) is 3.20. The first-order valence-electron chi connectivity index (χ1n) is 7.76. The molecule has 0 fully saturated rings. The molecule has 7 heteroatoms. The molecule has 122 valence electrons. The second kappa shape index (κ2) is 9.42. The number of aromatic nitrogens is 2. The minimum Gasteiger partial charge on any atom is -0.381 e. The molecule has 2 N–H and O–H groups in total. The van der Waals surface area contributed by atoms with Gasteiger partial charge in [0.25, 0.3) is 0 Å². The van der Waals surface area contributed by atoms with Crippen molar-refractivity contribution < 1.29 is 4.74 Å². The van der Waals surface area contributed by atoms with E-state index in [0.29, 0.717) is 6.54 Å². The van der Waals surface area contributed by atoms with Gasteiger partial charge in [0.15, 0.2) is 10.9 Å². The third-order valence-corrected chi connectivity index (χ3v) is 3.97. The van der Waals surface area contributed by atoms with Gasteiger partial charge in [-0.3, -0.25) is 9.39 Å². The molecule has 0 aliphatic heterocycles. The summed E-state index contributed by atoms with van der Waals surface area (Å²) in [6, 6.07) is 0. The minimum absolute atomic E-state index is 0.668. The fraction of sp³-hybridized carbons (Fsp3) is 0.600. The third kappa shape index (κ3) is 5.31. The van der Waals surface area contributed by atoms with Gasteiger partial charge in [0.05, 0.1) is 12.2 Å². The monoisotopic (exact) mass is 323 g/mol. The van der Waals surface area contributed by atoms with Crippen molar-refractivity contribution in [3.05, 3.63) is 23.5 Å². The predicted molar refractivity (Wildman–Crippen MR) is 91.6 cm³/mol. The van der Waals surface area contributed by atoms with Crippen LogP contribution >= 0.6 is 11.3 Å². The van der Waals surface area contributed by atoms with Crippen LogP contribution in [0.25, 0.3) is 4.96 Å². The molecule has 0 bridgehead atoms. The lowest BCUT2D eigenvalue weighted by Crippen LogP contribution is -2.37. The lowest BCUT2D eigenvalue weighted by Gasteiger charge is -2.11. The summed E-state index contributed by atoms with van der Waals surface area (Å²) in [5, 5.41) is 8.59. The van der Waals surface area contributed by atoms with E-state index in [9.17, 15) is 0 Å². The zero-order valence-electron chi connectivity index (χ0n) is 13.3. The van der Waals surface area contributed by atoms with Gasteiger partial charge >= 0.3 is 0 Å².